The topological polar surface area (TPSA) is 101 Å². The largest absolute Gasteiger partial charge is 0.468 e. The normalized spacial score (nSPS) is 13.7. The van der Waals surface area contributed by atoms with Crippen LogP contribution in [0.3, 0.4) is 0 Å². The number of alkyl halides is 3. The molecule has 32 heavy (non-hydrogen) atoms. The number of hydrogen-bond acceptors (Lipinski definition) is 5. The molecule has 0 bridgehead atoms. The van der Waals surface area contributed by atoms with Gasteiger partial charge >= 0.3 is 6.18 Å². The molecule has 0 spiro atoms. The summed E-state index contributed by atoms with van der Waals surface area (Å²) >= 11 is 0. The summed E-state index contributed by atoms with van der Waals surface area (Å²) in [4.78, 5) is 41.5. The molecule has 0 saturated carbocycles. The Hall–Kier alpha value is -3.63. The number of nitrogens with zero attached hydrogens (tertiary/aromatic N) is 2. The Bertz CT molecular complexity index is 980. The summed E-state index contributed by atoms with van der Waals surface area (Å²) in [6, 6.07) is 9.45. The second-order valence-corrected chi connectivity index (χ2v) is 7.03. The molecule has 3 amide bonds. The van der Waals surface area contributed by atoms with E-state index in [1.54, 1.807) is 29.2 Å². The number of carbonyl (C=O) groups excluding carboxylic acids is 3. The van der Waals surface area contributed by atoms with Gasteiger partial charge in [0.2, 0.25) is 17.7 Å². The molecule has 170 valence electrons. The highest BCUT2D eigenvalue weighted by atomic mass is 19.4. The lowest BCUT2D eigenvalue weighted by Crippen LogP contribution is -2.36. The Morgan fingerprint density at radius 3 is 2.53 bits per heavy atom. The number of ether oxygens (including phenoxy) is 1. The molecule has 3 rings (SSSR count). The van der Waals surface area contributed by atoms with E-state index in [1.807, 2.05) is 0 Å². The second kappa shape index (κ2) is 10.1. The first kappa shape index (κ1) is 23.0. The number of amides is 3. The van der Waals surface area contributed by atoms with Crippen molar-refractivity contribution in [3.05, 3.63) is 53.7 Å². The fourth-order valence-electron chi connectivity index (χ4n) is 3.07. The number of pyridine rings is 1. The molecule has 0 aliphatic carbocycles. The Labute approximate surface area is 181 Å². The van der Waals surface area contributed by atoms with Crippen molar-refractivity contribution in [1.29, 1.82) is 0 Å². The molecule has 0 atom stereocenters. The average molecular weight is 450 g/mol. The second-order valence-electron chi connectivity index (χ2n) is 7.03. The average Bonchev–Trinajstić information content (AvgIpc) is 3.20. The van der Waals surface area contributed by atoms with Crippen molar-refractivity contribution in [2.75, 3.05) is 24.6 Å². The smallest absolute Gasteiger partial charge is 0.422 e. The van der Waals surface area contributed by atoms with Crippen molar-refractivity contribution < 1.29 is 32.3 Å². The Morgan fingerprint density at radius 2 is 1.88 bits per heavy atom. The van der Waals surface area contributed by atoms with Crippen LogP contribution in [-0.4, -0.2) is 48.6 Å². The van der Waals surface area contributed by atoms with Crippen molar-refractivity contribution in [3.63, 3.8) is 0 Å². The van der Waals surface area contributed by atoms with Crippen LogP contribution in [0.1, 0.15) is 28.8 Å². The maximum atomic E-state index is 12.3. The first-order valence-corrected chi connectivity index (χ1v) is 9.82. The van der Waals surface area contributed by atoms with Crippen LogP contribution in [-0.2, 0) is 16.1 Å². The third-order valence-electron chi connectivity index (χ3n) is 4.62. The molecule has 2 N–H and O–H groups in total. The summed E-state index contributed by atoms with van der Waals surface area (Å²) in [6.45, 7) is -1.30. The maximum Gasteiger partial charge on any atom is 0.422 e. The van der Waals surface area contributed by atoms with E-state index in [1.165, 1.54) is 18.3 Å². The van der Waals surface area contributed by atoms with Crippen LogP contribution >= 0.6 is 0 Å². The molecule has 1 aromatic heterocycles. The maximum absolute atomic E-state index is 12.3. The molecule has 1 saturated heterocycles. The summed E-state index contributed by atoms with van der Waals surface area (Å²) in [7, 11) is 0. The summed E-state index contributed by atoms with van der Waals surface area (Å²) < 4.78 is 41.7. The molecule has 1 aromatic carbocycles. The highest BCUT2D eigenvalue weighted by Gasteiger charge is 2.29. The number of carbonyl (C=O) groups is 3. The highest BCUT2D eigenvalue weighted by molar-refractivity contribution is 5.98. The van der Waals surface area contributed by atoms with Gasteiger partial charge in [-0.3, -0.25) is 14.4 Å². The minimum atomic E-state index is -4.51. The van der Waals surface area contributed by atoms with Crippen LogP contribution in [0.15, 0.2) is 42.6 Å². The van der Waals surface area contributed by atoms with E-state index in [9.17, 15) is 27.6 Å². The van der Waals surface area contributed by atoms with E-state index in [0.29, 0.717) is 24.2 Å². The zero-order valence-corrected chi connectivity index (χ0v) is 16.9. The zero-order chi connectivity index (χ0) is 23.1. The van der Waals surface area contributed by atoms with E-state index < -0.39 is 24.6 Å². The van der Waals surface area contributed by atoms with Crippen molar-refractivity contribution >= 4 is 23.4 Å². The standard InChI is InChI=1S/C21H21F3N4O4/c22-21(23,24)13-32-20-15(3-1-9-25-20)11-26-17(29)12-27-19(31)14-5-7-16(8-6-14)28-10-2-4-18(28)30/h1,3,5-9H,2,4,10-13H2,(H,26,29)(H,27,31). The van der Waals surface area contributed by atoms with Gasteiger partial charge < -0.3 is 20.3 Å². The van der Waals surface area contributed by atoms with Gasteiger partial charge in [0, 0.05) is 42.5 Å². The number of aromatic nitrogens is 1. The molecule has 0 unspecified atom stereocenters. The van der Waals surface area contributed by atoms with Crippen LogP contribution in [0.2, 0.25) is 0 Å². The summed E-state index contributed by atoms with van der Waals surface area (Å²) in [5.41, 5.74) is 1.30. The van der Waals surface area contributed by atoms with E-state index in [-0.39, 0.29) is 30.4 Å². The van der Waals surface area contributed by atoms with E-state index in [4.69, 9.17) is 0 Å². The number of hydrogen-bond donors (Lipinski definition) is 2. The molecule has 2 aromatic rings. The van der Waals surface area contributed by atoms with E-state index in [2.05, 4.69) is 20.4 Å². The fourth-order valence-corrected chi connectivity index (χ4v) is 3.07. The van der Waals surface area contributed by atoms with Gasteiger partial charge in [-0.1, -0.05) is 6.07 Å². The Balaban J connectivity index is 1.47. The highest BCUT2D eigenvalue weighted by Crippen LogP contribution is 2.22. The van der Waals surface area contributed by atoms with Gasteiger partial charge in [-0.2, -0.15) is 13.2 Å². The number of benzene rings is 1. The zero-order valence-electron chi connectivity index (χ0n) is 16.9. The Morgan fingerprint density at radius 1 is 1.12 bits per heavy atom. The minimum Gasteiger partial charge on any atom is -0.468 e. The molecular formula is C21H21F3N4O4. The van der Waals surface area contributed by atoms with Gasteiger partial charge in [0.15, 0.2) is 6.61 Å². The van der Waals surface area contributed by atoms with Crippen molar-refractivity contribution in [3.8, 4) is 5.88 Å². The lowest BCUT2D eigenvalue weighted by molar-refractivity contribution is -0.154. The molecule has 11 heteroatoms. The molecule has 0 radical (unpaired) electrons. The first-order chi connectivity index (χ1) is 15.2. The third-order valence-corrected chi connectivity index (χ3v) is 4.62. The fraction of sp³-hybridized carbons (Fsp3) is 0.333. The van der Waals surface area contributed by atoms with Crippen LogP contribution < -0.4 is 20.3 Å². The molecule has 1 aliphatic rings. The van der Waals surface area contributed by atoms with E-state index in [0.717, 1.165) is 6.42 Å². The van der Waals surface area contributed by atoms with Crippen LogP contribution in [0, 0.1) is 0 Å². The number of anilines is 1. The minimum absolute atomic E-state index is 0.0412. The third kappa shape index (κ3) is 6.43. The monoisotopic (exact) mass is 450 g/mol. The van der Waals surface area contributed by atoms with Crippen molar-refractivity contribution in [1.82, 2.24) is 15.6 Å². The van der Waals surface area contributed by atoms with Gasteiger partial charge in [0.25, 0.3) is 5.91 Å². The molecule has 2 heterocycles. The number of rotatable bonds is 8. The van der Waals surface area contributed by atoms with Crippen LogP contribution in [0.4, 0.5) is 18.9 Å². The van der Waals surface area contributed by atoms with Crippen molar-refractivity contribution in [2.24, 2.45) is 0 Å². The quantitative estimate of drug-likeness (QED) is 0.642. The van der Waals surface area contributed by atoms with Gasteiger partial charge in [-0.15, -0.1) is 0 Å². The number of nitrogens with one attached hydrogen (secondary N) is 2. The predicted molar refractivity (Wildman–Crippen MR) is 108 cm³/mol. The predicted octanol–water partition coefficient (Wildman–Crippen LogP) is 2.20. The van der Waals surface area contributed by atoms with Gasteiger partial charge in [-0.05, 0) is 36.8 Å². The summed E-state index contributed by atoms with van der Waals surface area (Å²) in [5, 5.41) is 4.96. The first-order valence-electron chi connectivity index (χ1n) is 9.82. The SMILES string of the molecule is O=C(CNC(=O)c1ccc(N2CCCC2=O)cc1)NCc1cccnc1OCC(F)(F)F. The van der Waals surface area contributed by atoms with E-state index >= 15 is 0 Å². The summed E-state index contributed by atoms with van der Waals surface area (Å²) in [6.07, 6.45) is -1.93. The Kier molecular flexibility index (Phi) is 7.29. The number of halogens is 3. The molecule has 1 fully saturated rings. The van der Waals surface area contributed by atoms with Gasteiger partial charge in [0.1, 0.15) is 0 Å². The molecular weight excluding hydrogens is 429 g/mol. The van der Waals surface area contributed by atoms with Crippen molar-refractivity contribution in [2.45, 2.75) is 25.6 Å². The molecule has 8 nitrogen and oxygen atoms in total. The molecule has 1 aliphatic heterocycles. The van der Waals surface area contributed by atoms with Crippen LogP contribution in [0.5, 0.6) is 5.88 Å². The van der Waals surface area contributed by atoms with Gasteiger partial charge in [-0.25, -0.2) is 4.98 Å². The van der Waals surface area contributed by atoms with Crippen LogP contribution in [0.25, 0.3) is 0 Å². The lowest BCUT2D eigenvalue weighted by atomic mass is 10.2. The van der Waals surface area contributed by atoms with Gasteiger partial charge in [0.05, 0.1) is 6.54 Å². The summed E-state index contributed by atoms with van der Waals surface area (Å²) in [5.74, 6) is -1.21. The lowest BCUT2D eigenvalue weighted by Gasteiger charge is -2.15.